The average Bonchev–Trinajstić information content (AvgIpc) is 2.70. The summed E-state index contributed by atoms with van der Waals surface area (Å²) in [6.07, 6.45) is -3.10. The van der Waals surface area contributed by atoms with Crippen LogP contribution in [-0.2, 0) is 9.59 Å². The number of alkyl halides is 3. The van der Waals surface area contributed by atoms with Gasteiger partial charge in [-0.3, -0.25) is 4.79 Å². The van der Waals surface area contributed by atoms with Crippen LogP contribution in [0.5, 0.6) is 0 Å². The number of aromatic nitrogens is 1. The lowest BCUT2D eigenvalue weighted by Gasteiger charge is -2.27. The van der Waals surface area contributed by atoms with Crippen molar-refractivity contribution in [2.45, 2.75) is 25.6 Å². The van der Waals surface area contributed by atoms with E-state index in [-0.39, 0.29) is 0 Å². The van der Waals surface area contributed by atoms with Gasteiger partial charge in [-0.1, -0.05) is 0 Å². The molecule has 1 aromatic rings. The standard InChI is InChI=1S/C11H11F3N2O3S/c1-6-15-7(5-20-6)3-4-8(17)16-10(2,9(18)19)11(12,13)14/h3-5H,1-2H3,(H,16,17)(H,18,19). The van der Waals surface area contributed by atoms with Gasteiger partial charge in [-0.2, -0.15) is 13.2 Å². The third-order valence-corrected chi connectivity index (χ3v) is 3.20. The number of halogens is 3. The number of hydrogen-bond donors (Lipinski definition) is 2. The number of nitrogens with one attached hydrogen (secondary N) is 1. The maximum Gasteiger partial charge on any atom is 0.422 e. The SMILES string of the molecule is Cc1nc(C=CC(=O)NC(C)(C(=O)O)C(F)(F)F)cs1. The molecule has 1 rings (SSSR count). The Kier molecular flexibility index (Phi) is 4.53. The Morgan fingerprint density at radius 1 is 1.45 bits per heavy atom. The van der Waals surface area contributed by atoms with Crippen LogP contribution >= 0.6 is 11.3 Å². The van der Waals surface area contributed by atoms with Gasteiger partial charge in [0.15, 0.2) is 0 Å². The smallest absolute Gasteiger partial charge is 0.422 e. The molecule has 0 saturated carbocycles. The molecule has 0 spiro atoms. The number of carbonyl (C=O) groups is 2. The average molecular weight is 308 g/mol. The lowest BCUT2D eigenvalue weighted by atomic mass is 10.0. The van der Waals surface area contributed by atoms with Gasteiger partial charge in [0.2, 0.25) is 11.4 Å². The molecule has 20 heavy (non-hydrogen) atoms. The summed E-state index contributed by atoms with van der Waals surface area (Å²) in [4.78, 5) is 26.1. The largest absolute Gasteiger partial charge is 0.479 e. The van der Waals surface area contributed by atoms with Gasteiger partial charge in [0, 0.05) is 11.5 Å². The van der Waals surface area contributed by atoms with Crippen molar-refractivity contribution in [3.05, 3.63) is 22.2 Å². The number of carboxylic acids is 1. The molecule has 0 aliphatic heterocycles. The molecule has 0 radical (unpaired) electrons. The van der Waals surface area contributed by atoms with Gasteiger partial charge in [0.1, 0.15) is 0 Å². The first kappa shape index (κ1) is 16.2. The highest BCUT2D eigenvalue weighted by Crippen LogP contribution is 2.30. The molecule has 1 amide bonds. The maximum atomic E-state index is 12.7. The van der Waals surface area contributed by atoms with Crippen LogP contribution in [-0.4, -0.2) is 33.7 Å². The molecule has 9 heteroatoms. The Balaban J connectivity index is 2.83. The zero-order valence-corrected chi connectivity index (χ0v) is 11.3. The fourth-order valence-electron chi connectivity index (χ4n) is 1.15. The second kappa shape index (κ2) is 5.61. The van der Waals surface area contributed by atoms with Gasteiger partial charge in [-0.05, 0) is 19.9 Å². The van der Waals surface area contributed by atoms with E-state index < -0.39 is 23.6 Å². The maximum absolute atomic E-state index is 12.7. The van der Waals surface area contributed by atoms with Crippen molar-refractivity contribution in [2.24, 2.45) is 0 Å². The highest BCUT2D eigenvalue weighted by atomic mass is 32.1. The van der Waals surface area contributed by atoms with Crippen LogP contribution in [0.15, 0.2) is 11.5 Å². The highest BCUT2D eigenvalue weighted by Gasteiger charge is 2.58. The molecule has 1 atom stereocenters. The molecule has 110 valence electrons. The molecule has 0 bridgehead atoms. The van der Waals surface area contributed by atoms with Crippen LogP contribution in [0.25, 0.3) is 6.08 Å². The van der Waals surface area contributed by atoms with E-state index in [0.29, 0.717) is 12.6 Å². The third kappa shape index (κ3) is 3.56. The normalized spacial score (nSPS) is 15.1. The van der Waals surface area contributed by atoms with E-state index in [4.69, 9.17) is 5.11 Å². The summed E-state index contributed by atoms with van der Waals surface area (Å²) in [7, 11) is 0. The number of nitrogens with zero attached hydrogens (tertiary/aromatic N) is 1. The molecule has 5 nitrogen and oxygen atoms in total. The second-order valence-corrected chi connectivity index (χ2v) is 5.10. The number of amides is 1. The van der Waals surface area contributed by atoms with Crippen LogP contribution in [0.1, 0.15) is 17.6 Å². The summed E-state index contributed by atoms with van der Waals surface area (Å²) >= 11 is 1.31. The number of thiazole rings is 1. The van der Waals surface area contributed by atoms with Crippen molar-refractivity contribution in [1.29, 1.82) is 0 Å². The Bertz CT molecular complexity index is 553. The van der Waals surface area contributed by atoms with E-state index in [1.807, 2.05) is 0 Å². The number of carbonyl (C=O) groups excluding carboxylic acids is 1. The first-order chi connectivity index (χ1) is 9.06. The summed E-state index contributed by atoms with van der Waals surface area (Å²) in [5.41, 5.74) is -2.93. The van der Waals surface area contributed by atoms with Crippen LogP contribution < -0.4 is 5.32 Å². The molecule has 2 N–H and O–H groups in total. The zero-order valence-electron chi connectivity index (χ0n) is 10.5. The topological polar surface area (TPSA) is 79.3 Å². The fraction of sp³-hybridized carbons (Fsp3) is 0.364. The van der Waals surface area contributed by atoms with Crippen molar-refractivity contribution >= 4 is 29.3 Å². The predicted molar refractivity (Wildman–Crippen MR) is 66.1 cm³/mol. The number of aryl methyl sites for hydroxylation is 1. The van der Waals surface area contributed by atoms with Crippen molar-refractivity contribution in [2.75, 3.05) is 0 Å². The predicted octanol–water partition coefficient (Wildman–Crippen LogP) is 1.99. The van der Waals surface area contributed by atoms with Gasteiger partial charge in [0.05, 0.1) is 10.7 Å². The fourth-order valence-corrected chi connectivity index (χ4v) is 1.73. The van der Waals surface area contributed by atoms with Crippen molar-refractivity contribution < 1.29 is 27.9 Å². The van der Waals surface area contributed by atoms with E-state index in [9.17, 15) is 22.8 Å². The van der Waals surface area contributed by atoms with Crippen molar-refractivity contribution in [1.82, 2.24) is 10.3 Å². The Labute approximate surface area is 116 Å². The van der Waals surface area contributed by atoms with Crippen molar-refractivity contribution in [3.8, 4) is 0 Å². The summed E-state index contributed by atoms with van der Waals surface area (Å²) in [6, 6.07) is 0. The number of aliphatic carboxylic acids is 1. The summed E-state index contributed by atoms with van der Waals surface area (Å²) in [5, 5.41) is 12.4. The number of rotatable bonds is 4. The quantitative estimate of drug-likeness (QED) is 0.834. The van der Waals surface area contributed by atoms with Crippen molar-refractivity contribution in [3.63, 3.8) is 0 Å². The minimum absolute atomic E-state index is 0.383. The molecular formula is C11H11F3N2O3S. The van der Waals surface area contributed by atoms with Gasteiger partial charge in [-0.15, -0.1) is 11.3 Å². The second-order valence-electron chi connectivity index (χ2n) is 4.04. The van der Waals surface area contributed by atoms with Gasteiger partial charge < -0.3 is 10.4 Å². The van der Waals surface area contributed by atoms with Crippen LogP contribution in [0.3, 0.4) is 0 Å². The first-order valence-corrected chi connectivity index (χ1v) is 6.16. The van der Waals surface area contributed by atoms with E-state index in [0.717, 1.165) is 11.1 Å². The number of carboxylic acid groups (broad SMARTS) is 1. The third-order valence-electron chi connectivity index (χ3n) is 2.41. The molecule has 1 unspecified atom stereocenters. The van der Waals surface area contributed by atoms with Gasteiger partial charge in [0.25, 0.3) is 0 Å². The van der Waals surface area contributed by atoms with E-state index >= 15 is 0 Å². The minimum Gasteiger partial charge on any atom is -0.479 e. The highest BCUT2D eigenvalue weighted by molar-refractivity contribution is 7.09. The van der Waals surface area contributed by atoms with Gasteiger partial charge >= 0.3 is 12.1 Å². The molecule has 0 saturated heterocycles. The molecule has 1 aromatic heterocycles. The van der Waals surface area contributed by atoms with E-state index in [1.165, 1.54) is 22.7 Å². The van der Waals surface area contributed by atoms with Crippen LogP contribution in [0.2, 0.25) is 0 Å². The van der Waals surface area contributed by atoms with Gasteiger partial charge in [-0.25, -0.2) is 9.78 Å². The van der Waals surface area contributed by atoms with Crippen LogP contribution in [0, 0.1) is 6.92 Å². The molecule has 0 aliphatic carbocycles. The monoisotopic (exact) mass is 308 g/mol. The molecule has 0 aromatic carbocycles. The Hall–Kier alpha value is -1.90. The first-order valence-electron chi connectivity index (χ1n) is 5.29. The zero-order chi connectivity index (χ0) is 15.6. The Morgan fingerprint density at radius 3 is 2.45 bits per heavy atom. The number of hydrogen-bond acceptors (Lipinski definition) is 4. The molecule has 0 fully saturated rings. The summed E-state index contributed by atoms with van der Waals surface area (Å²) in [5.74, 6) is -3.35. The molecular weight excluding hydrogens is 297 g/mol. The molecule has 0 aliphatic rings. The minimum atomic E-state index is -5.11. The lowest BCUT2D eigenvalue weighted by molar-refractivity contribution is -0.206. The van der Waals surface area contributed by atoms with Crippen LogP contribution in [0.4, 0.5) is 13.2 Å². The van der Waals surface area contributed by atoms with E-state index in [1.54, 1.807) is 12.3 Å². The Morgan fingerprint density at radius 2 is 2.05 bits per heavy atom. The summed E-state index contributed by atoms with van der Waals surface area (Å²) in [6.45, 7) is 2.11. The lowest BCUT2D eigenvalue weighted by Crippen LogP contribution is -2.61. The molecule has 1 heterocycles. The van der Waals surface area contributed by atoms with E-state index in [2.05, 4.69) is 4.98 Å². The summed E-state index contributed by atoms with van der Waals surface area (Å²) < 4.78 is 38.0.